The molecular weight excluding hydrogens is 320 g/mol. The maximum atomic E-state index is 12.3. The van der Waals surface area contributed by atoms with Gasteiger partial charge in [0.05, 0.1) is 12.4 Å². The SMILES string of the molecule is CS(=O)(=O)CCNC(=O)C1COCC(=O)N1Cc1ccccc1. The second-order valence-electron chi connectivity index (χ2n) is 5.46. The summed E-state index contributed by atoms with van der Waals surface area (Å²) in [5.41, 5.74) is 0.914. The third-order valence-electron chi connectivity index (χ3n) is 3.47. The van der Waals surface area contributed by atoms with Crippen LogP contribution in [-0.2, 0) is 30.7 Å². The molecule has 0 spiro atoms. The molecule has 2 rings (SSSR count). The molecule has 1 atom stereocenters. The molecule has 0 aromatic heterocycles. The summed E-state index contributed by atoms with van der Waals surface area (Å²) >= 11 is 0. The molecule has 1 aliphatic heterocycles. The van der Waals surface area contributed by atoms with Gasteiger partial charge in [0.2, 0.25) is 11.8 Å². The van der Waals surface area contributed by atoms with Crippen LogP contribution < -0.4 is 5.32 Å². The first-order valence-electron chi connectivity index (χ1n) is 7.23. The van der Waals surface area contributed by atoms with E-state index in [2.05, 4.69) is 5.32 Å². The van der Waals surface area contributed by atoms with E-state index in [1.807, 2.05) is 30.3 Å². The monoisotopic (exact) mass is 340 g/mol. The molecule has 23 heavy (non-hydrogen) atoms. The Balaban J connectivity index is 2.01. The lowest BCUT2D eigenvalue weighted by Crippen LogP contribution is -2.56. The average Bonchev–Trinajstić information content (AvgIpc) is 2.49. The lowest BCUT2D eigenvalue weighted by atomic mass is 10.1. The van der Waals surface area contributed by atoms with E-state index in [0.29, 0.717) is 6.54 Å². The minimum atomic E-state index is -3.15. The molecule has 1 unspecified atom stereocenters. The van der Waals surface area contributed by atoms with Crippen molar-refractivity contribution in [3.05, 3.63) is 35.9 Å². The second kappa shape index (κ2) is 7.56. The number of morpholine rings is 1. The van der Waals surface area contributed by atoms with Crippen LogP contribution >= 0.6 is 0 Å². The number of hydrogen-bond acceptors (Lipinski definition) is 5. The molecule has 7 nitrogen and oxygen atoms in total. The molecule has 1 aliphatic rings. The van der Waals surface area contributed by atoms with Gasteiger partial charge in [0.25, 0.3) is 0 Å². The van der Waals surface area contributed by atoms with Crippen molar-refractivity contribution in [2.45, 2.75) is 12.6 Å². The van der Waals surface area contributed by atoms with Crippen LogP contribution in [0.2, 0.25) is 0 Å². The third kappa shape index (κ3) is 5.33. The molecule has 0 aliphatic carbocycles. The van der Waals surface area contributed by atoms with Gasteiger partial charge in [-0.1, -0.05) is 30.3 Å². The van der Waals surface area contributed by atoms with Gasteiger partial charge < -0.3 is 15.0 Å². The molecule has 1 fully saturated rings. The number of nitrogens with zero attached hydrogens (tertiary/aromatic N) is 1. The zero-order chi connectivity index (χ0) is 16.9. The number of ether oxygens (including phenoxy) is 1. The van der Waals surface area contributed by atoms with Crippen molar-refractivity contribution in [1.82, 2.24) is 10.2 Å². The van der Waals surface area contributed by atoms with E-state index < -0.39 is 21.8 Å². The topological polar surface area (TPSA) is 92.8 Å². The van der Waals surface area contributed by atoms with E-state index in [1.165, 1.54) is 4.90 Å². The fourth-order valence-electron chi connectivity index (χ4n) is 2.28. The van der Waals surface area contributed by atoms with E-state index in [9.17, 15) is 18.0 Å². The summed E-state index contributed by atoms with van der Waals surface area (Å²) in [5, 5.41) is 2.55. The first-order valence-corrected chi connectivity index (χ1v) is 9.29. The van der Waals surface area contributed by atoms with Crippen molar-refractivity contribution in [2.75, 3.05) is 31.8 Å². The Morgan fingerprint density at radius 1 is 1.35 bits per heavy atom. The average molecular weight is 340 g/mol. The number of amides is 2. The summed E-state index contributed by atoms with van der Waals surface area (Å²) in [6, 6.07) is 8.60. The number of carbonyl (C=O) groups is 2. The molecule has 2 amide bonds. The number of hydrogen-bond donors (Lipinski definition) is 1. The largest absolute Gasteiger partial charge is 0.369 e. The van der Waals surface area contributed by atoms with Crippen molar-refractivity contribution in [2.24, 2.45) is 0 Å². The summed E-state index contributed by atoms with van der Waals surface area (Å²) in [6.45, 7) is 0.373. The van der Waals surface area contributed by atoms with Crippen molar-refractivity contribution in [1.29, 1.82) is 0 Å². The van der Waals surface area contributed by atoms with Crippen LogP contribution in [0.1, 0.15) is 5.56 Å². The van der Waals surface area contributed by atoms with Crippen molar-refractivity contribution in [3.63, 3.8) is 0 Å². The summed E-state index contributed by atoms with van der Waals surface area (Å²) in [5.74, 6) is -0.806. The second-order valence-corrected chi connectivity index (χ2v) is 7.72. The Labute approximate surface area is 135 Å². The predicted molar refractivity (Wildman–Crippen MR) is 84.3 cm³/mol. The van der Waals surface area contributed by atoms with Crippen LogP contribution in [-0.4, -0.2) is 62.9 Å². The highest BCUT2D eigenvalue weighted by Crippen LogP contribution is 2.13. The Kier molecular flexibility index (Phi) is 5.73. The van der Waals surface area contributed by atoms with E-state index in [1.54, 1.807) is 0 Å². The Hall–Kier alpha value is -1.93. The maximum Gasteiger partial charge on any atom is 0.249 e. The fourth-order valence-corrected chi connectivity index (χ4v) is 2.75. The van der Waals surface area contributed by atoms with Crippen LogP contribution in [0.25, 0.3) is 0 Å². The zero-order valence-electron chi connectivity index (χ0n) is 12.9. The Morgan fingerprint density at radius 3 is 2.70 bits per heavy atom. The first kappa shape index (κ1) is 17.4. The van der Waals surface area contributed by atoms with Gasteiger partial charge in [-0.3, -0.25) is 9.59 Å². The number of benzene rings is 1. The van der Waals surface area contributed by atoms with Gasteiger partial charge in [-0.05, 0) is 5.56 Å². The maximum absolute atomic E-state index is 12.3. The van der Waals surface area contributed by atoms with Crippen molar-refractivity contribution < 1.29 is 22.7 Å². The van der Waals surface area contributed by atoms with Gasteiger partial charge in [-0.25, -0.2) is 8.42 Å². The quantitative estimate of drug-likeness (QED) is 0.759. The summed E-state index contributed by atoms with van der Waals surface area (Å²) in [4.78, 5) is 25.8. The van der Waals surface area contributed by atoms with E-state index >= 15 is 0 Å². The van der Waals surface area contributed by atoms with E-state index in [-0.39, 0.29) is 31.4 Å². The fraction of sp³-hybridized carbons (Fsp3) is 0.467. The number of sulfone groups is 1. The normalized spacial score (nSPS) is 18.7. The molecular formula is C15H20N2O5S. The molecule has 126 valence electrons. The minimum absolute atomic E-state index is 0.0154. The van der Waals surface area contributed by atoms with E-state index in [4.69, 9.17) is 4.74 Å². The van der Waals surface area contributed by atoms with Gasteiger partial charge in [-0.15, -0.1) is 0 Å². The Morgan fingerprint density at radius 2 is 2.04 bits per heavy atom. The summed E-state index contributed by atoms with van der Waals surface area (Å²) < 4.78 is 27.4. The van der Waals surface area contributed by atoms with Crippen LogP contribution in [0.15, 0.2) is 30.3 Å². The van der Waals surface area contributed by atoms with Crippen LogP contribution in [0.5, 0.6) is 0 Å². The van der Waals surface area contributed by atoms with E-state index in [0.717, 1.165) is 11.8 Å². The molecule has 8 heteroatoms. The van der Waals surface area contributed by atoms with Gasteiger partial charge >= 0.3 is 0 Å². The Bertz CT molecular complexity index is 660. The standard InChI is InChI=1S/C15H20N2O5S/c1-23(20,21)8-7-16-15(19)13-10-22-11-14(18)17(13)9-12-5-3-2-4-6-12/h2-6,13H,7-11H2,1H3,(H,16,19). The molecule has 1 heterocycles. The molecule has 1 saturated heterocycles. The highest BCUT2D eigenvalue weighted by molar-refractivity contribution is 7.90. The number of carbonyl (C=O) groups excluding carboxylic acids is 2. The van der Waals surface area contributed by atoms with Gasteiger partial charge in [0.15, 0.2) is 0 Å². The molecule has 0 radical (unpaired) electrons. The smallest absolute Gasteiger partial charge is 0.249 e. The van der Waals surface area contributed by atoms with Gasteiger partial charge in [-0.2, -0.15) is 0 Å². The van der Waals surface area contributed by atoms with Gasteiger partial charge in [0, 0.05) is 19.3 Å². The minimum Gasteiger partial charge on any atom is -0.369 e. The van der Waals surface area contributed by atoms with Crippen molar-refractivity contribution in [3.8, 4) is 0 Å². The van der Waals surface area contributed by atoms with Crippen LogP contribution in [0.3, 0.4) is 0 Å². The summed E-state index contributed by atoms with van der Waals surface area (Å²) in [7, 11) is -3.15. The third-order valence-corrected chi connectivity index (χ3v) is 4.41. The highest BCUT2D eigenvalue weighted by Gasteiger charge is 2.33. The lowest BCUT2D eigenvalue weighted by Gasteiger charge is -2.34. The summed E-state index contributed by atoms with van der Waals surface area (Å²) in [6.07, 6.45) is 1.11. The zero-order valence-corrected chi connectivity index (χ0v) is 13.7. The predicted octanol–water partition coefficient (Wildman–Crippen LogP) is -0.425. The highest BCUT2D eigenvalue weighted by atomic mass is 32.2. The van der Waals surface area contributed by atoms with Crippen LogP contribution in [0.4, 0.5) is 0 Å². The van der Waals surface area contributed by atoms with Crippen LogP contribution in [0, 0.1) is 0 Å². The van der Waals surface area contributed by atoms with Crippen molar-refractivity contribution >= 4 is 21.7 Å². The van der Waals surface area contributed by atoms with Gasteiger partial charge in [0.1, 0.15) is 22.5 Å². The molecule has 0 saturated carbocycles. The number of rotatable bonds is 6. The lowest BCUT2D eigenvalue weighted by molar-refractivity contribution is -0.155. The molecule has 1 N–H and O–H groups in total. The first-order chi connectivity index (χ1) is 10.9. The molecule has 0 bridgehead atoms. The number of nitrogens with one attached hydrogen (secondary N) is 1. The molecule has 1 aromatic carbocycles. The molecule has 1 aromatic rings.